The monoisotopic (exact) mass is 368 g/mol. The second-order valence-electron chi connectivity index (χ2n) is 5.82. The topological polar surface area (TPSA) is 64.3 Å². The third-order valence-corrected chi connectivity index (χ3v) is 5.14. The first-order valence-electron chi connectivity index (χ1n) is 8.02. The fourth-order valence-corrected chi connectivity index (χ4v) is 4.09. The van der Waals surface area contributed by atoms with Crippen molar-refractivity contribution in [2.75, 3.05) is 0 Å². The highest BCUT2D eigenvalue weighted by Crippen LogP contribution is 2.34. The molecule has 0 unspecified atom stereocenters. The minimum Gasteiger partial charge on any atom is -0.493 e. The van der Waals surface area contributed by atoms with E-state index < -0.39 is 6.61 Å². The van der Waals surface area contributed by atoms with Gasteiger partial charge in [-0.15, -0.1) is 0 Å². The molecule has 1 aromatic carbocycles. The van der Waals surface area contributed by atoms with Crippen LogP contribution in [-0.2, 0) is 5.75 Å². The molecule has 134 valence electrons. The van der Waals surface area contributed by atoms with Gasteiger partial charge in [0, 0.05) is 17.4 Å². The molecule has 1 aliphatic rings. The van der Waals surface area contributed by atoms with Gasteiger partial charge >= 0.3 is 6.61 Å². The standard InChI is InChI=1S/C17H18F2N2O3S/c18-16(19)24-13-8-4-1-5-11(13)10-25-17-20-14(22)9-15(23)21(17)12-6-2-3-7-12/h1,4-5,8-9,12,16,22H,2-3,6-7,10H2. The molecule has 1 aliphatic carbocycles. The van der Waals surface area contributed by atoms with Crippen LogP contribution in [0.15, 0.2) is 40.3 Å². The smallest absolute Gasteiger partial charge is 0.387 e. The van der Waals surface area contributed by atoms with E-state index in [2.05, 4.69) is 9.72 Å². The molecule has 1 heterocycles. The summed E-state index contributed by atoms with van der Waals surface area (Å²) in [4.78, 5) is 16.4. The van der Waals surface area contributed by atoms with Crippen LogP contribution in [0.5, 0.6) is 11.6 Å². The molecule has 0 radical (unpaired) electrons. The van der Waals surface area contributed by atoms with E-state index in [4.69, 9.17) is 0 Å². The van der Waals surface area contributed by atoms with Gasteiger partial charge in [0.05, 0.1) is 6.07 Å². The predicted octanol–water partition coefficient (Wildman–Crippen LogP) is 3.96. The quantitative estimate of drug-likeness (QED) is 0.618. The van der Waals surface area contributed by atoms with Gasteiger partial charge in [0.2, 0.25) is 5.88 Å². The first-order chi connectivity index (χ1) is 12.0. The molecule has 1 fully saturated rings. The van der Waals surface area contributed by atoms with Crippen LogP contribution in [0, 0.1) is 0 Å². The van der Waals surface area contributed by atoms with Crippen molar-refractivity contribution in [3.8, 4) is 11.6 Å². The van der Waals surface area contributed by atoms with Gasteiger partial charge < -0.3 is 9.84 Å². The third kappa shape index (κ3) is 4.31. The molecule has 1 aromatic heterocycles. The molecule has 1 N–H and O–H groups in total. The number of alkyl halides is 2. The summed E-state index contributed by atoms with van der Waals surface area (Å²) in [5.74, 6) is 0.0599. The third-order valence-electron chi connectivity index (χ3n) is 4.14. The number of hydrogen-bond donors (Lipinski definition) is 1. The van der Waals surface area contributed by atoms with E-state index in [-0.39, 0.29) is 23.2 Å². The molecule has 0 atom stereocenters. The molecule has 5 nitrogen and oxygen atoms in total. The Morgan fingerprint density at radius 3 is 2.76 bits per heavy atom. The van der Waals surface area contributed by atoms with Crippen LogP contribution in [0.2, 0.25) is 0 Å². The molecule has 0 amide bonds. The highest BCUT2D eigenvalue weighted by atomic mass is 32.2. The minimum atomic E-state index is -2.90. The Balaban J connectivity index is 1.85. The van der Waals surface area contributed by atoms with Gasteiger partial charge in [0.25, 0.3) is 5.56 Å². The number of benzene rings is 1. The molecule has 3 rings (SSSR count). The first kappa shape index (κ1) is 17.7. The van der Waals surface area contributed by atoms with E-state index in [1.807, 2.05) is 0 Å². The van der Waals surface area contributed by atoms with Gasteiger partial charge in [-0.2, -0.15) is 13.8 Å². The number of aromatic hydroxyl groups is 1. The Labute approximate surface area is 147 Å². The number of para-hydroxylation sites is 1. The summed E-state index contributed by atoms with van der Waals surface area (Å²) in [6, 6.07) is 7.68. The van der Waals surface area contributed by atoms with Crippen LogP contribution in [0.1, 0.15) is 37.3 Å². The average Bonchev–Trinajstić information content (AvgIpc) is 3.07. The second kappa shape index (κ2) is 7.86. The number of aromatic nitrogens is 2. The number of nitrogens with zero attached hydrogens (tertiary/aromatic N) is 2. The van der Waals surface area contributed by atoms with Crippen molar-refractivity contribution in [1.82, 2.24) is 9.55 Å². The van der Waals surface area contributed by atoms with Gasteiger partial charge in [-0.1, -0.05) is 42.8 Å². The lowest BCUT2D eigenvalue weighted by Crippen LogP contribution is -2.25. The van der Waals surface area contributed by atoms with Crippen molar-refractivity contribution in [3.05, 3.63) is 46.2 Å². The van der Waals surface area contributed by atoms with Crippen molar-refractivity contribution in [2.24, 2.45) is 0 Å². The first-order valence-corrected chi connectivity index (χ1v) is 9.01. The van der Waals surface area contributed by atoms with Gasteiger partial charge in [-0.25, -0.2) is 0 Å². The molecular weight excluding hydrogens is 350 g/mol. The zero-order valence-electron chi connectivity index (χ0n) is 13.4. The zero-order valence-corrected chi connectivity index (χ0v) is 14.2. The number of hydrogen-bond acceptors (Lipinski definition) is 5. The summed E-state index contributed by atoms with van der Waals surface area (Å²) in [6.45, 7) is -2.90. The van der Waals surface area contributed by atoms with Gasteiger partial charge in [-0.05, 0) is 18.9 Å². The Morgan fingerprint density at radius 2 is 2.04 bits per heavy atom. The Hall–Kier alpha value is -2.09. The lowest BCUT2D eigenvalue weighted by molar-refractivity contribution is -0.0503. The molecule has 2 aromatic rings. The summed E-state index contributed by atoms with van der Waals surface area (Å²) in [7, 11) is 0. The zero-order chi connectivity index (χ0) is 17.8. The van der Waals surface area contributed by atoms with Crippen LogP contribution in [-0.4, -0.2) is 21.3 Å². The van der Waals surface area contributed by atoms with Crippen LogP contribution in [0.3, 0.4) is 0 Å². The fraction of sp³-hybridized carbons (Fsp3) is 0.412. The lowest BCUT2D eigenvalue weighted by atomic mass is 10.2. The van der Waals surface area contributed by atoms with Gasteiger partial charge in [-0.3, -0.25) is 9.36 Å². The molecule has 0 spiro atoms. The normalized spacial score (nSPS) is 15.0. The van der Waals surface area contributed by atoms with Crippen molar-refractivity contribution < 1.29 is 18.6 Å². The van der Waals surface area contributed by atoms with Gasteiger partial charge in [0.15, 0.2) is 5.16 Å². The SMILES string of the molecule is O=c1cc(O)nc(SCc2ccccc2OC(F)F)n1C1CCCC1. The number of halogens is 2. The maximum atomic E-state index is 12.5. The van der Waals surface area contributed by atoms with E-state index >= 15 is 0 Å². The fourth-order valence-electron chi connectivity index (χ4n) is 3.04. The molecular formula is C17H18F2N2O3S. The summed E-state index contributed by atoms with van der Waals surface area (Å²) >= 11 is 1.22. The van der Waals surface area contributed by atoms with Crippen LogP contribution in [0.4, 0.5) is 8.78 Å². The predicted molar refractivity (Wildman–Crippen MR) is 90.3 cm³/mol. The van der Waals surface area contributed by atoms with E-state index in [0.717, 1.165) is 31.7 Å². The number of rotatable bonds is 6. The summed E-state index contributed by atoms with van der Waals surface area (Å²) in [5.41, 5.74) is 0.280. The highest BCUT2D eigenvalue weighted by molar-refractivity contribution is 7.98. The Kier molecular flexibility index (Phi) is 5.57. The van der Waals surface area contributed by atoms with Crippen LogP contribution >= 0.6 is 11.8 Å². The molecule has 8 heteroatoms. The number of ether oxygens (including phenoxy) is 1. The summed E-state index contributed by atoms with van der Waals surface area (Å²) in [6.07, 6.45) is 3.89. The van der Waals surface area contributed by atoms with E-state index in [0.29, 0.717) is 16.5 Å². The molecule has 0 aliphatic heterocycles. The molecule has 25 heavy (non-hydrogen) atoms. The van der Waals surface area contributed by atoms with E-state index in [1.54, 1.807) is 22.8 Å². The van der Waals surface area contributed by atoms with Gasteiger partial charge in [0.1, 0.15) is 5.75 Å². The largest absolute Gasteiger partial charge is 0.493 e. The van der Waals surface area contributed by atoms with Crippen molar-refractivity contribution in [3.63, 3.8) is 0 Å². The minimum absolute atomic E-state index is 0.0654. The van der Waals surface area contributed by atoms with E-state index in [9.17, 15) is 18.7 Å². The molecule has 0 bridgehead atoms. The summed E-state index contributed by atoms with van der Waals surface area (Å²) in [5, 5.41) is 10.1. The van der Waals surface area contributed by atoms with E-state index in [1.165, 1.54) is 17.8 Å². The summed E-state index contributed by atoms with van der Waals surface area (Å²) < 4.78 is 31.2. The molecule has 1 saturated carbocycles. The lowest BCUT2D eigenvalue weighted by Gasteiger charge is -2.18. The maximum absolute atomic E-state index is 12.5. The maximum Gasteiger partial charge on any atom is 0.387 e. The van der Waals surface area contributed by atoms with Crippen molar-refractivity contribution in [2.45, 2.75) is 49.2 Å². The Morgan fingerprint density at radius 1 is 1.32 bits per heavy atom. The Bertz CT molecular complexity index is 792. The highest BCUT2D eigenvalue weighted by Gasteiger charge is 2.22. The van der Waals surface area contributed by atoms with Crippen molar-refractivity contribution in [1.29, 1.82) is 0 Å². The van der Waals surface area contributed by atoms with Crippen LogP contribution in [0.25, 0.3) is 0 Å². The average molecular weight is 368 g/mol. The molecule has 0 saturated heterocycles. The number of thioether (sulfide) groups is 1. The van der Waals surface area contributed by atoms with Crippen LogP contribution < -0.4 is 10.3 Å². The second-order valence-corrected chi connectivity index (χ2v) is 6.76. The van der Waals surface area contributed by atoms with Crippen molar-refractivity contribution >= 4 is 11.8 Å².